The van der Waals surface area contributed by atoms with Gasteiger partial charge in [0.15, 0.2) is 0 Å². The van der Waals surface area contributed by atoms with E-state index in [0.29, 0.717) is 17.9 Å². The lowest BCUT2D eigenvalue weighted by molar-refractivity contribution is -0.137. The summed E-state index contributed by atoms with van der Waals surface area (Å²) in [6.07, 6.45) is -3.82. The van der Waals surface area contributed by atoms with Crippen molar-refractivity contribution >= 4 is 28.8 Å². The summed E-state index contributed by atoms with van der Waals surface area (Å²) in [7, 11) is 0. The maximum Gasteiger partial charge on any atom is 0.416 e. The van der Waals surface area contributed by atoms with E-state index in [9.17, 15) is 22.8 Å². The van der Waals surface area contributed by atoms with E-state index in [1.165, 1.54) is 12.1 Å². The van der Waals surface area contributed by atoms with Crippen molar-refractivity contribution < 1.29 is 27.5 Å². The fraction of sp³-hybridized carbons (Fsp3) is 0.154. The van der Waals surface area contributed by atoms with E-state index in [0.717, 1.165) is 23.5 Å². The van der Waals surface area contributed by atoms with Crippen LogP contribution in [0, 0.1) is 0 Å². The number of carbonyl (C=O) groups excluding carboxylic acids is 2. The van der Waals surface area contributed by atoms with E-state index in [4.69, 9.17) is 4.74 Å². The molecular weight excluding hydrogens is 445 g/mol. The molecule has 0 spiro atoms. The number of rotatable bonds is 7. The molecule has 0 aromatic heterocycles. The zero-order chi connectivity index (χ0) is 24.3. The summed E-state index contributed by atoms with van der Waals surface area (Å²) in [6, 6.07) is 19.6. The van der Waals surface area contributed by atoms with Crippen LogP contribution in [0.4, 0.5) is 24.5 Å². The number of para-hydroxylation sites is 2. The summed E-state index contributed by atoms with van der Waals surface area (Å²) in [5, 5.41) is 2.77. The Labute approximate surface area is 194 Å². The van der Waals surface area contributed by atoms with Crippen molar-refractivity contribution in [2.75, 3.05) is 16.8 Å². The van der Waals surface area contributed by atoms with Crippen LogP contribution in [0.5, 0.6) is 5.75 Å². The summed E-state index contributed by atoms with van der Waals surface area (Å²) in [5.41, 5.74) is -0.151. The van der Waals surface area contributed by atoms with E-state index < -0.39 is 23.6 Å². The maximum atomic E-state index is 13.5. The van der Waals surface area contributed by atoms with E-state index in [1.807, 2.05) is 6.92 Å². The highest BCUT2D eigenvalue weighted by atomic mass is 19.4. The number of alkyl halides is 3. The number of benzene rings is 3. The first-order valence-electron chi connectivity index (χ1n) is 10.7. The van der Waals surface area contributed by atoms with Crippen LogP contribution in [-0.4, -0.2) is 18.4 Å². The average Bonchev–Trinajstić information content (AvgIpc) is 3.07. The Morgan fingerprint density at radius 1 is 0.882 bits per heavy atom. The van der Waals surface area contributed by atoms with Crippen molar-refractivity contribution in [2.45, 2.75) is 19.5 Å². The Kier molecular flexibility index (Phi) is 6.40. The Morgan fingerprint density at radius 3 is 2.29 bits per heavy atom. The molecule has 0 atom stereocenters. The number of amides is 2. The minimum absolute atomic E-state index is 0.0387. The molecule has 0 fully saturated rings. The fourth-order valence-electron chi connectivity index (χ4n) is 3.63. The summed E-state index contributed by atoms with van der Waals surface area (Å²) < 4.78 is 45.4. The SMILES string of the molecule is CCCOc1ccccc1N1C(=O)C(Nc2cccc(C(F)(F)F)c2)=C(c2ccccc2)C1=O. The molecule has 5 nitrogen and oxygen atoms in total. The zero-order valence-electron chi connectivity index (χ0n) is 18.2. The number of nitrogens with one attached hydrogen (secondary N) is 1. The van der Waals surface area contributed by atoms with Gasteiger partial charge < -0.3 is 10.1 Å². The molecule has 8 heteroatoms. The molecule has 4 rings (SSSR count). The largest absolute Gasteiger partial charge is 0.491 e. The number of nitrogens with zero attached hydrogens (tertiary/aromatic N) is 1. The van der Waals surface area contributed by atoms with Crippen LogP contribution in [0.1, 0.15) is 24.5 Å². The van der Waals surface area contributed by atoms with Crippen LogP contribution in [0.3, 0.4) is 0 Å². The van der Waals surface area contributed by atoms with Gasteiger partial charge in [-0.25, -0.2) is 4.90 Å². The topological polar surface area (TPSA) is 58.6 Å². The highest BCUT2D eigenvalue weighted by Gasteiger charge is 2.41. The Bertz CT molecular complexity index is 1250. The molecule has 1 aliphatic heterocycles. The second-order valence-corrected chi connectivity index (χ2v) is 7.58. The van der Waals surface area contributed by atoms with Gasteiger partial charge in [-0.1, -0.05) is 55.5 Å². The van der Waals surface area contributed by atoms with Crippen molar-refractivity contribution in [3.05, 3.63) is 95.7 Å². The van der Waals surface area contributed by atoms with Crippen LogP contribution >= 0.6 is 0 Å². The third-order valence-electron chi connectivity index (χ3n) is 5.17. The molecule has 0 radical (unpaired) electrons. The monoisotopic (exact) mass is 466 g/mol. The van der Waals surface area contributed by atoms with E-state index in [1.54, 1.807) is 54.6 Å². The van der Waals surface area contributed by atoms with E-state index in [-0.39, 0.29) is 22.6 Å². The highest BCUT2D eigenvalue weighted by molar-refractivity contribution is 6.46. The summed E-state index contributed by atoms with van der Waals surface area (Å²) >= 11 is 0. The maximum absolute atomic E-state index is 13.5. The summed E-state index contributed by atoms with van der Waals surface area (Å²) in [6.45, 7) is 2.32. The van der Waals surface area contributed by atoms with Crippen LogP contribution < -0.4 is 15.0 Å². The van der Waals surface area contributed by atoms with Crippen molar-refractivity contribution in [1.82, 2.24) is 0 Å². The first kappa shape index (κ1) is 23.1. The van der Waals surface area contributed by atoms with Crippen molar-refractivity contribution in [3.63, 3.8) is 0 Å². The van der Waals surface area contributed by atoms with Gasteiger partial charge in [-0.05, 0) is 42.3 Å². The minimum Gasteiger partial charge on any atom is -0.491 e. The number of ether oxygens (including phenoxy) is 1. The molecule has 3 aromatic rings. The van der Waals surface area contributed by atoms with Gasteiger partial charge in [0.05, 0.1) is 23.4 Å². The molecule has 1 heterocycles. The lowest BCUT2D eigenvalue weighted by Gasteiger charge is -2.19. The highest BCUT2D eigenvalue weighted by Crippen LogP contribution is 2.38. The second kappa shape index (κ2) is 9.43. The number of hydrogen-bond donors (Lipinski definition) is 1. The van der Waals surface area contributed by atoms with Crippen LogP contribution in [0.25, 0.3) is 5.57 Å². The van der Waals surface area contributed by atoms with Crippen molar-refractivity contribution in [3.8, 4) is 5.75 Å². The summed E-state index contributed by atoms with van der Waals surface area (Å²) in [5.74, 6) is -0.925. The molecule has 0 unspecified atom stereocenters. The molecule has 1 aliphatic rings. The lowest BCUT2D eigenvalue weighted by atomic mass is 10.0. The smallest absolute Gasteiger partial charge is 0.416 e. The Hall–Kier alpha value is -4.07. The predicted octanol–water partition coefficient (Wildman–Crippen LogP) is 5.89. The van der Waals surface area contributed by atoms with Gasteiger partial charge >= 0.3 is 6.18 Å². The molecule has 0 saturated carbocycles. The van der Waals surface area contributed by atoms with Gasteiger partial charge in [0, 0.05) is 5.69 Å². The van der Waals surface area contributed by atoms with Crippen LogP contribution in [-0.2, 0) is 15.8 Å². The van der Waals surface area contributed by atoms with Gasteiger partial charge in [0.2, 0.25) is 0 Å². The molecule has 2 amide bonds. The Morgan fingerprint density at radius 2 is 1.59 bits per heavy atom. The first-order valence-corrected chi connectivity index (χ1v) is 10.7. The lowest BCUT2D eigenvalue weighted by Crippen LogP contribution is -2.32. The number of anilines is 2. The van der Waals surface area contributed by atoms with Gasteiger partial charge in [-0.15, -0.1) is 0 Å². The van der Waals surface area contributed by atoms with Gasteiger partial charge in [-0.2, -0.15) is 13.2 Å². The van der Waals surface area contributed by atoms with E-state index in [2.05, 4.69) is 5.32 Å². The molecule has 34 heavy (non-hydrogen) atoms. The van der Waals surface area contributed by atoms with Crippen molar-refractivity contribution in [2.24, 2.45) is 0 Å². The molecule has 0 saturated heterocycles. The second-order valence-electron chi connectivity index (χ2n) is 7.58. The molecule has 174 valence electrons. The van der Waals surface area contributed by atoms with Crippen LogP contribution in [0.2, 0.25) is 0 Å². The number of carbonyl (C=O) groups is 2. The molecule has 1 N–H and O–H groups in total. The number of imide groups is 1. The normalized spacial score (nSPS) is 14.1. The standard InChI is InChI=1S/C26H21F3N2O3/c1-2-15-34-21-14-7-6-13-20(21)31-24(32)22(17-9-4-3-5-10-17)23(25(31)33)30-19-12-8-11-18(16-19)26(27,28)29/h3-14,16,30H,2,15H2,1H3. The molecule has 3 aromatic carbocycles. The van der Waals surface area contributed by atoms with Crippen LogP contribution in [0.15, 0.2) is 84.6 Å². The third-order valence-corrected chi connectivity index (χ3v) is 5.17. The molecule has 0 aliphatic carbocycles. The Balaban J connectivity index is 1.79. The molecule has 0 bridgehead atoms. The van der Waals surface area contributed by atoms with Gasteiger partial charge in [-0.3, -0.25) is 9.59 Å². The van der Waals surface area contributed by atoms with Gasteiger partial charge in [0.1, 0.15) is 11.4 Å². The van der Waals surface area contributed by atoms with Gasteiger partial charge in [0.25, 0.3) is 11.8 Å². The number of halogens is 3. The van der Waals surface area contributed by atoms with E-state index >= 15 is 0 Å². The quantitative estimate of drug-likeness (QED) is 0.441. The summed E-state index contributed by atoms with van der Waals surface area (Å²) in [4.78, 5) is 28.0. The predicted molar refractivity (Wildman–Crippen MR) is 123 cm³/mol. The molecular formula is C26H21F3N2O3. The zero-order valence-corrected chi connectivity index (χ0v) is 18.2. The minimum atomic E-state index is -4.55. The fourth-order valence-corrected chi connectivity index (χ4v) is 3.63. The van der Waals surface area contributed by atoms with Crippen molar-refractivity contribution in [1.29, 1.82) is 0 Å². The first-order chi connectivity index (χ1) is 16.3. The number of hydrogen-bond acceptors (Lipinski definition) is 4. The average molecular weight is 466 g/mol. The third kappa shape index (κ3) is 4.52.